The summed E-state index contributed by atoms with van der Waals surface area (Å²) in [5.74, 6) is 1.47. The van der Waals surface area contributed by atoms with E-state index in [1.165, 1.54) is 38.5 Å². The summed E-state index contributed by atoms with van der Waals surface area (Å²) in [7, 11) is 0. The smallest absolute Gasteiger partial charge is 0.0675 e. The van der Waals surface area contributed by atoms with Gasteiger partial charge in [0.1, 0.15) is 0 Å². The highest BCUT2D eigenvalue weighted by Gasteiger charge is 2.40. The molecule has 0 aromatic rings. The second-order valence-corrected chi connectivity index (χ2v) is 5.28. The molecule has 0 aromatic heterocycles. The molecular weight excluding hydrogens is 160 g/mol. The fourth-order valence-electron chi connectivity index (χ4n) is 3.32. The van der Waals surface area contributed by atoms with Crippen LogP contribution in [0, 0.1) is 11.8 Å². The van der Waals surface area contributed by atoms with Crippen molar-refractivity contribution in [2.45, 2.75) is 63.9 Å². The normalized spacial score (nSPS) is 39.2. The summed E-state index contributed by atoms with van der Waals surface area (Å²) in [4.78, 5) is 0. The molecule has 13 heavy (non-hydrogen) atoms. The molecule has 0 aromatic carbocycles. The molecular formula is C12H22O. The van der Waals surface area contributed by atoms with E-state index in [9.17, 15) is 5.11 Å². The van der Waals surface area contributed by atoms with Gasteiger partial charge in [-0.3, -0.25) is 0 Å². The van der Waals surface area contributed by atoms with Crippen molar-refractivity contribution >= 4 is 0 Å². The van der Waals surface area contributed by atoms with Crippen molar-refractivity contribution in [3.8, 4) is 0 Å². The summed E-state index contributed by atoms with van der Waals surface area (Å²) < 4.78 is 0. The van der Waals surface area contributed by atoms with E-state index in [4.69, 9.17) is 0 Å². The largest absolute Gasteiger partial charge is 0.390 e. The van der Waals surface area contributed by atoms with Crippen LogP contribution in [-0.4, -0.2) is 10.7 Å². The molecule has 0 radical (unpaired) electrons. The Labute approximate surface area is 81.5 Å². The Morgan fingerprint density at radius 1 is 1.08 bits per heavy atom. The molecule has 0 saturated heterocycles. The maximum absolute atomic E-state index is 10.4. The van der Waals surface area contributed by atoms with Crippen LogP contribution in [-0.2, 0) is 0 Å². The predicted molar refractivity (Wildman–Crippen MR) is 54.5 cm³/mol. The molecule has 0 heterocycles. The van der Waals surface area contributed by atoms with Gasteiger partial charge in [-0.15, -0.1) is 0 Å². The van der Waals surface area contributed by atoms with E-state index in [1.54, 1.807) is 0 Å². The average Bonchev–Trinajstić information content (AvgIpc) is 2.54. The molecule has 2 saturated carbocycles. The zero-order chi connectivity index (χ0) is 9.31. The Bertz CT molecular complexity index is 170. The van der Waals surface area contributed by atoms with Crippen molar-refractivity contribution in [1.82, 2.24) is 0 Å². The summed E-state index contributed by atoms with van der Waals surface area (Å²) in [5, 5.41) is 10.4. The van der Waals surface area contributed by atoms with Gasteiger partial charge in [0.25, 0.3) is 0 Å². The topological polar surface area (TPSA) is 20.2 Å². The molecule has 0 bridgehead atoms. The first-order chi connectivity index (χ1) is 6.21. The van der Waals surface area contributed by atoms with E-state index in [0.29, 0.717) is 5.92 Å². The van der Waals surface area contributed by atoms with E-state index in [2.05, 4.69) is 6.92 Å². The van der Waals surface area contributed by atoms with E-state index < -0.39 is 0 Å². The van der Waals surface area contributed by atoms with E-state index in [1.807, 2.05) is 0 Å². The lowest BCUT2D eigenvalue weighted by atomic mass is 9.72. The van der Waals surface area contributed by atoms with Crippen molar-refractivity contribution in [2.75, 3.05) is 0 Å². The molecule has 2 aliphatic carbocycles. The van der Waals surface area contributed by atoms with E-state index >= 15 is 0 Å². The van der Waals surface area contributed by atoms with Gasteiger partial charge in [0, 0.05) is 0 Å². The lowest BCUT2D eigenvalue weighted by Gasteiger charge is -2.37. The zero-order valence-corrected chi connectivity index (χ0v) is 8.76. The molecule has 2 fully saturated rings. The van der Waals surface area contributed by atoms with Crippen LogP contribution < -0.4 is 0 Å². The molecule has 1 N–H and O–H groups in total. The minimum atomic E-state index is -0.255. The maximum Gasteiger partial charge on any atom is 0.0675 e. The van der Waals surface area contributed by atoms with Crippen LogP contribution in [0.25, 0.3) is 0 Å². The molecule has 0 amide bonds. The molecule has 2 atom stereocenters. The Balaban J connectivity index is 1.98. The fraction of sp³-hybridized carbons (Fsp3) is 1.00. The van der Waals surface area contributed by atoms with Gasteiger partial charge >= 0.3 is 0 Å². The Morgan fingerprint density at radius 3 is 2.38 bits per heavy atom. The van der Waals surface area contributed by atoms with Gasteiger partial charge in [0.05, 0.1) is 5.60 Å². The van der Waals surface area contributed by atoms with Crippen LogP contribution in [0.2, 0.25) is 0 Å². The van der Waals surface area contributed by atoms with E-state index in [-0.39, 0.29) is 5.60 Å². The second kappa shape index (κ2) is 3.61. The third-order valence-corrected chi connectivity index (χ3v) is 4.17. The highest BCUT2D eigenvalue weighted by molar-refractivity contribution is 4.92. The molecule has 76 valence electrons. The minimum absolute atomic E-state index is 0.255. The molecule has 0 spiro atoms. The first-order valence-corrected chi connectivity index (χ1v) is 5.93. The van der Waals surface area contributed by atoms with Crippen LogP contribution in [0.4, 0.5) is 0 Å². The molecule has 2 rings (SSSR count). The zero-order valence-electron chi connectivity index (χ0n) is 8.76. The highest BCUT2D eigenvalue weighted by atomic mass is 16.3. The summed E-state index contributed by atoms with van der Waals surface area (Å²) in [6.45, 7) is 2.34. The number of aliphatic hydroxyl groups is 1. The number of rotatable bonds is 1. The molecule has 1 heteroatoms. The first kappa shape index (κ1) is 9.51. The second-order valence-electron chi connectivity index (χ2n) is 5.28. The molecule has 1 nitrogen and oxygen atoms in total. The molecule has 0 aliphatic heterocycles. The van der Waals surface area contributed by atoms with Gasteiger partial charge in [-0.2, -0.15) is 0 Å². The lowest BCUT2D eigenvalue weighted by molar-refractivity contribution is -0.0341. The summed E-state index contributed by atoms with van der Waals surface area (Å²) in [5.41, 5.74) is -0.255. The van der Waals surface area contributed by atoms with Gasteiger partial charge in [-0.1, -0.05) is 32.6 Å². The first-order valence-electron chi connectivity index (χ1n) is 5.93. The van der Waals surface area contributed by atoms with Crippen LogP contribution in [0.15, 0.2) is 0 Å². The Morgan fingerprint density at radius 2 is 1.77 bits per heavy atom. The standard InChI is InChI=1S/C12H22O/c1-10-5-4-6-11(9-10)12(13)7-2-3-8-12/h10-11,13H,2-9H2,1H3. The monoisotopic (exact) mass is 182 g/mol. The quantitative estimate of drug-likeness (QED) is 0.660. The highest BCUT2D eigenvalue weighted by Crippen LogP contribution is 2.43. The van der Waals surface area contributed by atoms with Crippen LogP contribution in [0.3, 0.4) is 0 Å². The summed E-state index contributed by atoms with van der Waals surface area (Å²) in [6.07, 6.45) is 9.93. The molecule has 2 aliphatic rings. The van der Waals surface area contributed by atoms with Gasteiger partial charge in [0.15, 0.2) is 0 Å². The van der Waals surface area contributed by atoms with Crippen molar-refractivity contribution in [3.05, 3.63) is 0 Å². The van der Waals surface area contributed by atoms with Gasteiger partial charge in [-0.05, 0) is 37.5 Å². The van der Waals surface area contributed by atoms with Crippen molar-refractivity contribution in [3.63, 3.8) is 0 Å². The Kier molecular flexibility index (Phi) is 2.64. The number of hydrogen-bond acceptors (Lipinski definition) is 1. The van der Waals surface area contributed by atoms with Crippen molar-refractivity contribution in [1.29, 1.82) is 0 Å². The maximum atomic E-state index is 10.4. The van der Waals surface area contributed by atoms with Gasteiger partial charge in [-0.25, -0.2) is 0 Å². The van der Waals surface area contributed by atoms with Crippen LogP contribution in [0.5, 0.6) is 0 Å². The SMILES string of the molecule is CC1CCCC(C2(O)CCCC2)C1. The number of hydrogen-bond donors (Lipinski definition) is 1. The average molecular weight is 182 g/mol. The third kappa shape index (κ3) is 1.90. The van der Waals surface area contributed by atoms with Crippen LogP contribution >= 0.6 is 0 Å². The fourth-order valence-corrected chi connectivity index (χ4v) is 3.32. The minimum Gasteiger partial charge on any atom is -0.390 e. The lowest BCUT2D eigenvalue weighted by Crippen LogP contribution is -2.37. The van der Waals surface area contributed by atoms with E-state index in [0.717, 1.165) is 18.8 Å². The third-order valence-electron chi connectivity index (χ3n) is 4.17. The van der Waals surface area contributed by atoms with Gasteiger partial charge in [0.2, 0.25) is 0 Å². The molecule has 2 unspecified atom stereocenters. The van der Waals surface area contributed by atoms with Gasteiger partial charge < -0.3 is 5.11 Å². The summed E-state index contributed by atoms with van der Waals surface area (Å²) >= 11 is 0. The summed E-state index contributed by atoms with van der Waals surface area (Å²) in [6, 6.07) is 0. The Hall–Kier alpha value is -0.0400. The predicted octanol–water partition coefficient (Wildman–Crippen LogP) is 3.12. The van der Waals surface area contributed by atoms with Crippen molar-refractivity contribution in [2.24, 2.45) is 11.8 Å². The van der Waals surface area contributed by atoms with Crippen molar-refractivity contribution < 1.29 is 5.11 Å². The van der Waals surface area contributed by atoms with Crippen LogP contribution in [0.1, 0.15) is 58.3 Å².